The van der Waals surface area contributed by atoms with Crippen LogP contribution < -0.4 is 10.6 Å². The fourth-order valence-electron chi connectivity index (χ4n) is 1.40. The summed E-state index contributed by atoms with van der Waals surface area (Å²) in [5.74, 6) is 0. The molecule has 0 saturated carbocycles. The largest absolute Gasteiger partial charge is 0.444 e. The lowest BCUT2D eigenvalue weighted by atomic mass is 10.2. The number of carbonyl (C=O) groups is 1. The van der Waals surface area contributed by atoms with E-state index in [0.29, 0.717) is 0 Å². The van der Waals surface area contributed by atoms with Crippen LogP contribution >= 0.6 is 0 Å². The van der Waals surface area contributed by atoms with E-state index < -0.39 is 11.7 Å². The molecule has 0 saturated heterocycles. The molecule has 100 valence electrons. The Kier molecular flexibility index (Phi) is 5.01. The second kappa shape index (κ2) is 6.28. The second-order valence-electron chi connectivity index (χ2n) is 5.13. The first-order valence-corrected chi connectivity index (χ1v) is 6.24. The molecule has 1 aromatic carbocycles. The number of anilines is 2. The average Bonchev–Trinajstić information content (AvgIpc) is 2.24. The lowest BCUT2D eigenvalue weighted by Gasteiger charge is -2.19. The summed E-state index contributed by atoms with van der Waals surface area (Å²) in [6, 6.07) is 7.58. The molecule has 0 atom stereocenters. The lowest BCUT2D eigenvalue weighted by Crippen LogP contribution is -2.27. The first-order chi connectivity index (χ1) is 8.40. The molecule has 0 aliphatic heterocycles. The summed E-state index contributed by atoms with van der Waals surface area (Å²) in [6.07, 6.45) is 0.624. The number of nitrogens with one attached hydrogen (secondary N) is 2. The third-order valence-electron chi connectivity index (χ3n) is 2.09. The van der Waals surface area contributed by atoms with E-state index in [4.69, 9.17) is 4.74 Å². The van der Waals surface area contributed by atoms with Crippen molar-refractivity contribution in [2.24, 2.45) is 0 Å². The molecule has 2 N–H and O–H groups in total. The van der Waals surface area contributed by atoms with Crippen molar-refractivity contribution in [1.82, 2.24) is 0 Å². The summed E-state index contributed by atoms with van der Waals surface area (Å²) in [4.78, 5) is 11.6. The van der Waals surface area contributed by atoms with Crippen molar-refractivity contribution in [1.29, 1.82) is 0 Å². The van der Waals surface area contributed by atoms with Crippen LogP contribution in [0.2, 0.25) is 0 Å². The Hall–Kier alpha value is -1.71. The standard InChI is InChI=1S/C14H22N2O2/c1-5-9-15-11-7-6-8-12(10-11)16-13(17)18-14(2,3)4/h6-8,10,15H,5,9H2,1-4H3,(H,16,17). The van der Waals surface area contributed by atoms with E-state index in [9.17, 15) is 4.79 Å². The molecule has 0 aromatic heterocycles. The molecule has 18 heavy (non-hydrogen) atoms. The highest BCUT2D eigenvalue weighted by molar-refractivity contribution is 5.85. The molecule has 0 heterocycles. The van der Waals surface area contributed by atoms with Crippen LogP contribution in [0.3, 0.4) is 0 Å². The number of amides is 1. The highest BCUT2D eigenvalue weighted by Gasteiger charge is 2.16. The molecule has 4 heteroatoms. The van der Waals surface area contributed by atoms with Crippen LogP contribution in [0.25, 0.3) is 0 Å². The van der Waals surface area contributed by atoms with Gasteiger partial charge in [-0.15, -0.1) is 0 Å². The minimum atomic E-state index is -0.484. The van der Waals surface area contributed by atoms with E-state index in [1.54, 1.807) is 0 Å². The minimum Gasteiger partial charge on any atom is -0.444 e. The number of carbonyl (C=O) groups excluding carboxylic acids is 1. The molecular weight excluding hydrogens is 228 g/mol. The van der Waals surface area contributed by atoms with Gasteiger partial charge in [0.2, 0.25) is 0 Å². The van der Waals surface area contributed by atoms with Crippen LogP contribution in [-0.2, 0) is 4.74 Å². The molecule has 4 nitrogen and oxygen atoms in total. The summed E-state index contributed by atoms with van der Waals surface area (Å²) in [7, 11) is 0. The van der Waals surface area contributed by atoms with Gasteiger partial charge in [0.15, 0.2) is 0 Å². The van der Waals surface area contributed by atoms with Crippen molar-refractivity contribution in [3.05, 3.63) is 24.3 Å². The van der Waals surface area contributed by atoms with Gasteiger partial charge in [0.05, 0.1) is 0 Å². The van der Waals surface area contributed by atoms with Crippen LogP contribution in [0.4, 0.5) is 16.2 Å². The summed E-state index contributed by atoms with van der Waals surface area (Å²) in [5, 5.41) is 5.98. The van der Waals surface area contributed by atoms with E-state index >= 15 is 0 Å². The zero-order valence-electron chi connectivity index (χ0n) is 11.5. The fourth-order valence-corrected chi connectivity index (χ4v) is 1.40. The van der Waals surface area contributed by atoms with Gasteiger partial charge >= 0.3 is 6.09 Å². The minimum absolute atomic E-state index is 0.435. The Morgan fingerprint density at radius 3 is 2.56 bits per heavy atom. The van der Waals surface area contributed by atoms with E-state index in [1.165, 1.54) is 0 Å². The lowest BCUT2D eigenvalue weighted by molar-refractivity contribution is 0.0636. The van der Waals surface area contributed by atoms with Gasteiger partial charge in [0, 0.05) is 17.9 Å². The zero-order valence-corrected chi connectivity index (χ0v) is 11.5. The van der Waals surface area contributed by atoms with Gasteiger partial charge in [-0.2, -0.15) is 0 Å². The maximum atomic E-state index is 11.6. The maximum absolute atomic E-state index is 11.6. The molecule has 0 bridgehead atoms. The predicted molar refractivity (Wildman–Crippen MR) is 75.1 cm³/mol. The van der Waals surface area contributed by atoms with Gasteiger partial charge in [-0.25, -0.2) is 4.79 Å². The van der Waals surface area contributed by atoms with E-state index in [-0.39, 0.29) is 0 Å². The number of rotatable bonds is 4. The van der Waals surface area contributed by atoms with Crippen molar-refractivity contribution in [2.75, 3.05) is 17.2 Å². The molecule has 1 amide bonds. The summed E-state index contributed by atoms with van der Waals surface area (Å²) in [6.45, 7) is 8.54. The smallest absolute Gasteiger partial charge is 0.412 e. The van der Waals surface area contributed by atoms with Crippen LogP contribution in [0.1, 0.15) is 34.1 Å². The third-order valence-corrected chi connectivity index (χ3v) is 2.09. The van der Waals surface area contributed by atoms with E-state index in [2.05, 4.69) is 17.6 Å². The Morgan fingerprint density at radius 2 is 1.94 bits per heavy atom. The second-order valence-corrected chi connectivity index (χ2v) is 5.13. The molecular formula is C14H22N2O2. The van der Waals surface area contributed by atoms with Gasteiger partial charge < -0.3 is 10.1 Å². The van der Waals surface area contributed by atoms with Crippen LogP contribution in [0.15, 0.2) is 24.3 Å². The van der Waals surface area contributed by atoms with E-state index in [1.807, 2.05) is 45.0 Å². The molecule has 0 unspecified atom stereocenters. The molecule has 1 aromatic rings. The SMILES string of the molecule is CCCNc1cccc(NC(=O)OC(C)(C)C)c1. The fraction of sp³-hybridized carbons (Fsp3) is 0.500. The Bertz CT molecular complexity index is 397. The summed E-state index contributed by atoms with van der Waals surface area (Å²) < 4.78 is 5.19. The Morgan fingerprint density at radius 1 is 1.28 bits per heavy atom. The van der Waals surface area contributed by atoms with Crippen molar-refractivity contribution in [2.45, 2.75) is 39.7 Å². The van der Waals surface area contributed by atoms with Gasteiger partial charge in [-0.05, 0) is 45.4 Å². The van der Waals surface area contributed by atoms with Crippen LogP contribution in [-0.4, -0.2) is 18.2 Å². The van der Waals surface area contributed by atoms with Crippen LogP contribution in [0.5, 0.6) is 0 Å². The molecule has 0 spiro atoms. The quantitative estimate of drug-likeness (QED) is 0.853. The third kappa shape index (κ3) is 5.57. The molecule has 0 aliphatic carbocycles. The van der Waals surface area contributed by atoms with Crippen molar-refractivity contribution in [3.63, 3.8) is 0 Å². The van der Waals surface area contributed by atoms with Gasteiger partial charge in [-0.1, -0.05) is 13.0 Å². The average molecular weight is 250 g/mol. The number of hydrogen-bond acceptors (Lipinski definition) is 3. The highest BCUT2D eigenvalue weighted by Crippen LogP contribution is 2.16. The number of benzene rings is 1. The first-order valence-electron chi connectivity index (χ1n) is 6.24. The highest BCUT2D eigenvalue weighted by atomic mass is 16.6. The van der Waals surface area contributed by atoms with Crippen molar-refractivity contribution < 1.29 is 9.53 Å². The topological polar surface area (TPSA) is 50.4 Å². The predicted octanol–water partition coefficient (Wildman–Crippen LogP) is 3.86. The number of ether oxygens (including phenoxy) is 1. The van der Waals surface area contributed by atoms with E-state index in [0.717, 1.165) is 24.3 Å². The molecule has 0 fully saturated rings. The van der Waals surface area contributed by atoms with Gasteiger partial charge in [-0.3, -0.25) is 5.32 Å². The Labute approximate surface area is 109 Å². The maximum Gasteiger partial charge on any atom is 0.412 e. The van der Waals surface area contributed by atoms with Crippen molar-refractivity contribution >= 4 is 17.5 Å². The normalized spacial score (nSPS) is 10.9. The van der Waals surface area contributed by atoms with Crippen molar-refractivity contribution in [3.8, 4) is 0 Å². The summed E-state index contributed by atoms with van der Waals surface area (Å²) >= 11 is 0. The first kappa shape index (κ1) is 14.4. The van der Waals surface area contributed by atoms with Gasteiger partial charge in [0.25, 0.3) is 0 Å². The molecule has 0 aliphatic rings. The van der Waals surface area contributed by atoms with Crippen LogP contribution in [0, 0.1) is 0 Å². The molecule has 0 radical (unpaired) electrons. The van der Waals surface area contributed by atoms with Gasteiger partial charge in [0.1, 0.15) is 5.60 Å². The molecule has 1 rings (SSSR count). The zero-order chi connectivity index (χ0) is 13.6. The number of hydrogen-bond donors (Lipinski definition) is 2. The summed E-state index contributed by atoms with van der Waals surface area (Å²) in [5.41, 5.74) is 1.23. The monoisotopic (exact) mass is 250 g/mol. The Balaban J connectivity index is 2.59.